The molecule has 0 saturated heterocycles. The van der Waals surface area contributed by atoms with Crippen molar-refractivity contribution in [3.05, 3.63) is 53.6 Å². The van der Waals surface area contributed by atoms with Crippen LogP contribution in [0.2, 0.25) is 0 Å². The Morgan fingerprint density at radius 2 is 1.91 bits per heavy atom. The number of imidazole rings is 1. The van der Waals surface area contributed by atoms with Gasteiger partial charge in [-0.05, 0) is 78.3 Å². The van der Waals surface area contributed by atoms with Crippen molar-refractivity contribution in [2.75, 3.05) is 5.32 Å². The molecule has 1 aliphatic carbocycles. The molecule has 3 aromatic rings. The van der Waals surface area contributed by atoms with Crippen LogP contribution in [0.4, 0.5) is 11.6 Å². The van der Waals surface area contributed by atoms with Gasteiger partial charge in [-0.3, -0.25) is 4.79 Å². The number of aryl methyl sites for hydroxylation is 1. The van der Waals surface area contributed by atoms with Gasteiger partial charge < -0.3 is 15.0 Å². The third-order valence-electron chi connectivity index (χ3n) is 6.94. The molecule has 2 atom stereocenters. The van der Waals surface area contributed by atoms with E-state index in [0.29, 0.717) is 24.3 Å². The second-order valence-corrected chi connectivity index (χ2v) is 11.0. The lowest BCUT2D eigenvalue weighted by atomic mass is 9.70. The molecule has 0 bridgehead atoms. The smallest absolute Gasteiger partial charge is 0.303 e. The number of hydrogen-bond acceptors (Lipinski definition) is 3. The molecule has 1 saturated carbocycles. The van der Waals surface area contributed by atoms with E-state index in [4.69, 9.17) is 10.1 Å². The van der Waals surface area contributed by atoms with Gasteiger partial charge in [-0.15, -0.1) is 0 Å². The summed E-state index contributed by atoms with van der Waals surface area (Å²) >= 11 is 0. The molecular formula is C28H37N3O2. The van der Waals surface area contributed by atoms with E-state index in [-0.39, 0.29) is 11.8 Å². The second kappa shape index (κ2) is 9.20. The molecule has 5 nitrogen and oxygen atoms in total. The minimum atomic E-state index is -0.772. The number of carboxylic acids is 1. The van der Waals surface area contributed by atoms with Gasteiger partial charge in [0.2, 0.25) is 5.95 Å². The van der Waals surface area contributed by atoms with Gasteiger partial charge >= 0.3 is 5.97 Å². The van der Waals surface area contributed by atoms with Crippen molar-refractivity contribution in [1.82, 2.24) is 9.55 Å². The number of rotatable bonds is 7. The molecule has 1 aromatic heterocycles. The molecular weight excluding hydrogens is 410 g/mol. The third kappa shape index (κ3) is 5.40. The maximum Gasteiger partial charge on any atom is 0.303 e. The lowest BCUT2D eigenvalue weighted by Gasteiger charge is -2.40. The maximum atomic E-state index is 11.0. The summed E-state index contributed by atoms with van der Waals surface area (Å²) in [5.74, 6) is 1.25. The number of carboxylic acid groups (broad SMARTS) is 1. The SMILES string of the molecule is CC(C)c1ccc(Nc2nc3cc(CCC(=O)O)ccc3n2[C@@H]2C[C@H](C)CC(C)(C)C2)cc1. The second-order valence-electron chi connectivity index (χ2n) is 11.0. The molecule has 0 spiro atoms. The van der Waals surface area contributed by atoms with Crippen molar-refractivity contribution >= 4 is 28.6 Å². The molecule has 0 aliphatic heterocycles. The van der Waals surface area contributed by atoms with Crippen LogP contribution in [0.1, 0.15) is 83.4 Å². The van der Waals surface area contributed by atoms with Crippen LogP contribution in [0.25, 0.3) is 11.0 Å². The van der Waals surface area contributed by atoms with Crippen molar-refractivity contribution in [3.63, 3.8) is 0 Å². The number of fused-ring (bicyclic) bond motifs is 1. The van der Waals surface area contributed by atoms with Crippen LogP contribution in [0, 0.1) is 11.3 Å². The Balaban J connectivity index is 1.74. The van der Waals surface area contributed by atoms with Gasteiger partial charge in [-0.1, -0.05) is 52.8 Å². The van der Waals surface area contributed by atoms with Crippen LogP contribution < -0.4 is 5.32 Å². The Hall–Kier alpha value is -2.82. The normalized spacial score (nSPS) is 20.3. The fraction of sp³-hybridized carbons (Fsp3) is 0.500. The highest BCUT2D eigenvalue weighted by atomic mass is 16.4. The Bertz CT molecular complexity index is 1130. The first-order valence-corrected chi connectivity index (χ1v) is 12.2. The standard InChI is InChI=1S/C28H37N3O2/c1-18(2)21-8-10-22(11-9-21)29-27-30-24-15-20(7-13-26(32)33)6-12-25(24)31(27)23-14-19(3)16-28(4,5)17-23/h6,8-12,15,18-19,23H,7,13-14,16-17H2,1-5H3,(H,29,30)(H,32,33)/t19-,23+/m0/s1. The number of nitrogens with zero attached hydrogens (tertiary/aromatic N) is 2. The van der Waals surface area contributed by atoms with E-state index >= 15 is 0 Å². The molecule has 2 aromatic carbocycles. The first kappa shape index (κ1) is 23.3. The van der Waals surface area contributed by atoms with E-state index in [9.17, 15) is 4.79 Å². The number of carbonyl (C=O) groups is 1. The van der Waals surface area contributed by atoms with Crippen molar-refractivity contribution < 1.29 is 9.90 Å². The van der Waals surface area contributed by atoms with Crippen molar-refractivity contribution in [1.29, 1.82) is 0 Å². The topological polar surface area (TPSA) is 67.2 Å². The Morgan fingerprint density at radius 1 is 1.18 bits per heavy atom. The summed E-state index contributed by atoms with van der Waals surface area (Å²) in [5, 5.41) is 12.7. The number of hydrogen-bond donors (Lipinski definition) is 2. The Morgan fingerprint density at radius 3 is 2.55 bits per heavy atom. The van der Waals surface area contributed by atoms with Gasteiger partial charge in [0.1, 0.15) is 0 Å². The molecule has 1 aliphatic rings. The van der Waals surface area contributed by atoms with Crippen molar-refractivity contribution in [2.24, 2.45) is 11.3 Å². The first-order chi connectivity index (χ1) is 15.6. The Kier molecular flexibility index (Phi) is 6.51. The highest BCUT2D eigenvalue weighted by Crippen LogP contribution is 2.46. The summed E-state index contributed by atoms with van der Waals surface area (Å²) < 4.78 is 2.39. The summed E-state index contributed by atoms with van der Waals surface area (Å²) in [6, 6.07) is 15.2. The van der Waals surface area contributed by atoms with E-state index in [1.807, 2.05) is 0 Å². The quantitative estimate of drug-likeness (QED) is 0.398. The van der Waals surface area contributed by atoms with Crippen molar-refractivity contribution in [2.45, 2.75) is 78.7 Å². The zero-order chi connectivity index (χ0) is 23.8. The highest BCUT2D eigenvalue weighted by molar-refractivity contribution is 5.81. The van der Waals surface area contributed by atoms with Crippen LogP contribution in [-0.4, -0.2) is 20.6 Å². The molecule has 0 amide bonds. The largest absolute Gasteiger partial charge is 0.481 e. The molecule has 1 fully saturated rings. The van der Waals surface area contributed by atoms with Gasteiger partial charge in [-0.25, -0.2) is 4.98 Å². The minimum Gasteiger partial charge on any atom is -0.481 e. The predicted molar refractivity (Wildman–Crippen MR) is 135 cm³/mol. The van der Waals surface area contributed by atoms with Crippen LogP contribution in [0.3, 0.4) is 0 Å². The van der Waals surface area contributed by atoms with Crippen LogP contribution in [0.15, 0.2) is 42.5 Å². The Labute approximate surface area is 197 Å². The van der Waals surface area contributed by atoms with Gasteiger partial charge in [0.05, 0.1) is 11.0 Å². The van der Waals surface area contributed by atoms with Crippen LogP contribution >= 0.6 is 0 Å². The number of benzene rings is 2. The minimum absolute atomic E-state index is 0.133. The lowest BCUT2D eigenvalue weighted by Crippen LogP contribution is -2.29. The van der Waals surface area contributed by atoms with E-state index < -0.39 is 5.97 Å². The van der Waals surface area contributed by atoms with Gasteiger partial charge in [-0.2, -0.15) is 0 Å². The average molecular weight is 448 g/mol. The van der Waals surface area contributed by atoms with Crippen molar-refractivity contribution in [3.8, 4) is 0 Å². The molecule has 2 N–H and O–H groups in total. The third-order valence-corrected chi connectivity index (χ3v) is 6.94. The van der Waals surface area contributed by atoms with E-state index in [1.165, 1.54) is 12.0 Å². The summed E-state index contributed by atoms with van der Waals surface area (Å²) in [7, 11) is 0. The fourth-order valence-corrected chi connectivity index (χ4v) is 5.58. The van der Waals surface area contributed by atoms with E-state index in [0.717, 1.165) is 41.1 Å². The average Bonchev–Trinajstić information content (AvgIpc) is 3.08. The van der Waals surface area contributed by atoms with Crippen LogP contribution in [0.5, 0.6) is 0 Å². The molecule has 176 valence electrons. The molecule has 5 heteroatoms. The first-order valence-electron chi connectivity index (χ1n) is 12.2. The summed E-state index contributed by atoms with van der Waals surface area (Å²) in [4.78, 5) is 16.0. The predicted octanol–water partition coefficient (Wildman–Crippen LogP) is 7.31. The molecule has 1 heterocycles. The summed E-state index contributed by atoms with van der Waals surface area (Å²) in [6.07, 6.45) is 4.15. The van der Waals surface area contributed by atoms with E-state index in [2.05, 4.69) is 87.0 Å². The highest BCUT2D eigenvalue weighted by Gasteiger charge is 2.34. The number of anilines is 2. The number of aromatic nitrogens is 2. The lowest BCUT2D eigenvalue weighted by molar-refractivity contribution is -0.136. The zero-order valence-corrected chi connectivity index (χ0v) is 20.6. The van der Waals surface area contributed by atoms with E-state index in [1.54, 1.807) is 0 Å². The fourth-order valence-electron chi connectivity index (χ4n) is 5.58. The zero-order valence-electron chi connectivity index (χ0n) is 20.6. The molecule has 4 rings (SSSR count). The monoisotopic (exact) mass is 447 g/mol. The summed E-state index contributed by atoms with van der Waals surface area (Å²) in [6.45, 7) is 11.5. The maximum absolute atomic E-state index is 11.0. The number of aliphatic carboxylic acids is 1. The molecule has 0 unspecified atom stereocenters. The number of nitrogens with one attached hydrogen (secondary N) is 1. The van der Waals surface area contributed by atoms with Gasteiger partial charge in [0.25, 0.3) is 0 Å². The molecule has 0 radical (unpaired) electrons. The van der Waals surface area contributed by atoms with Gasteiger partial charge in [0.15, 0.2) is 0 Å². The van der Waals surface area contributed by atoms with Crippen LogP contribution in [-0.2, 0) is 11.2 Å². The molecule has 33 heavy (non-hydrogen) atoms. The van der Waals surface area contributed by atoms with Gasteiger partial charge in [0, 0.05) is 18.2 Å². The summed E-state index contributed by atoms with van der Waals surface area (Å²) in [5.41, 5.74) is 5.70.